The topological polar surface area (TPSA) is 71.1 Å². The molecule has 10 heteroatoms. The fourth-order valence-electron chi connectivity index (χ4n) is 4.38. The molecule has 3 heterocycles. The molecule has 1 N–H and O–H groups in total. The number of benzene rings is 2. The van der Waals surface area contributed by atoms with Crippen molar-refractivity contribution in [3.8, 4) is 22.5 Å². The molecule has 6 nitrogen and oxygen atoms in total. The zero-order valence-corrected chi connectivity index (χ0v) is 20.0. The molecule has 0 atom stereocenters. The van der Waals surface area contributed by atoms with E-state index in [1.165, 1.54) is 13.0 Å². The number of nitrogens with one attached hydrogen (secondary N) is 1. The van der Waals surface area contributed by atoms with Crippen LogP contribution in [0, 0.1) is 0 Å². The number of carbonyl (C=O) groups is 1. The zero-order valence-electron chi connectivity index (χ0n) is 19.3. The molecule has 2 aromatic carbocycles. The van der Waals surface area contributed by atoms with E-state index in [2.05, 4.69) is 19.9 Å². The number of piperidine rings is 1. The average molecular weight is 515 g/mol. The van der Waals surface area contributed by atoms with Gasteiger partial charge in [-0.2, -0.15) is 13.2 Å². The van der Waals surface area contributed by atoms with Crippen LogP contribution < -0.4 is 4.90 Å². The van der Waals surface area contributed by atoms with Crippen LogP contribution in [0.25, 0.3) is 33.5 Å². The largest absolute Gasteiger partial charge is 0.462 e. The number of carbonyl (C=O) groups excluding carboxylic acids is 1. The first kappa shape index (κ1) is 24.1. The van der Waals surface area contributed by atoms with Crippen molar-refractivity contribution >= 4 is 34.4 Å². The number of pyridine rings is 1. The highest BCUT2D eigenvalue weighted by Crippen LogP contribution is 2.34. The molecule has 36 heavy (non-hydrogen) atoms. The van der Waals surface area contributed by atoms with Crippen LogP contribution in [0.2, 0.25) is 5.02 Å². The van der Waals surface area contributed by atoms with Gasteiger partial charge >= 0.3 is 12.1 Å². The quantitative estimate of drug-likeness (QED) is 0.315. The van der Waals surface area contributed by atoms with Gasteiger partial charge < -0.3 is 14.6 Å². The summed E-state index contributed by atoms with van der Waals surface area (Å²) in [6.07, 6.45) is -1.17. The van der Waals surface area contributed by atoms with Crippen molar-refractivity contribution in [2.75, 3.05) is 18.0 Å². The Morgan fingerprint density at radius 1 is 1.08 bits per heavy atom. The van der Waals surface area contributed by atoms with Crippen molar-refractivity contribution in [3.63, 3.8) is 0 Å². The van der Waals surface area contributed by atoms with Gasteiger partial charge in [-0.3, -0.25) is 4.79 Å². The lowest BCUT2D eigenvalue weighted by molar-refractivity contribution is -0.147. The summed E-state index contributed by atoms with van der Waals surface area (Å²) in [5.74, 6) is 0.992. The first-order valence-electron chi connectivity index (χ1n) is 11.4. The molecule has 0 amide bonds. The molecule has 1 saturated heterocycles. The summed E-state index contributed by atoms with van der Waals surface area (Å²) < 4.78 is 44.4. The van der Waals surface area contributed by atoms with Gasteiger partial charge in [-0.15, -0.1) is 0 Å². The normalized spacial score (nSPS) is 14.9. The summed E-state index contributed by atoms with van der Waals surface area (Å²) in [5.41, 5.74) is 2.29. The van der Waals surface area contributed by atoms with Crippen LogP contribution in [0.15, 0.2) is 54.7 Å². The second-order valence-corrected chi connectivity index (χ2v) is 9.12. The number of esters is 1. The van der Waals surface area contributed by atoms with E-state index in [0.717, 1.165) is 55.0 Å². The van der Waals surface area contributed by atoms with Crippen LogP contribution in [0.4, 0.5) is 19.0 Å². The molecule has 5 rings (SSSR count). The van der Waals surface area contributed by atoms with Gasteiger partial charge in [0.1, 0.15) is 17.7 Å². The average Bonchev–Trinajstić information content (AvgIpc) is 3.27. The number of alkyl halides is 3. The second-order valence-electron chi connectivity index (χ2n) is 8.71. The summed E-state index contributed by atoms with van der Waals surface area (Å²) >= 11 is 6.54. The van der Waals surface area contributed by atoms with E-state index >= 15 is 0 Å². The zero-order chi connectivity index (χ0) is 25.4. The maximum Gasteiger partial charge on any atom is 0.416 e. The number of hydrogen-bond acceptors (Lipinski definition) is 5. The molecule has 186 valence electrons. The molecular weight excluding hydrogens is 493 g/mol. The fourth-order valence-corrected chi connectivity index (χ4v) is 4.65. The van der Waals surface area contributed by atoms with Crippen molar-refractivity contribution in [3.05, 3.63) is 65.3 Å². The molecule has 0 aliphatic carbocycles. The number of hydrogen-bond donors (Lipinski definition) is 1. The highest BCUT2D eigenvalue weighted by atomic mass is 35.5. The van der Waals surface area contributed by atoms with Crippen LogP contribution in [0.1, 0.15) is 25.3 Å². The summed E-state index contributed by atoms with van der Waals surface area (Å²) in [4.78, 5) is 25.2. The summed E-state index contributed by atoms with van der Waals surface area (Å²) in [7, 11) is 0. The lowest BCUT2D eigenvalue weighted by Gasteiger charge is -2.32. The summed E-state index contributed by atoms with van der Waals surface area (Å²) in [6.45, 7) is 2.94. The van der Waals surface area contributed by atoms with Crippen molar-refractivity contribution < 1.29 is 22.7 Å². The van der Waals surface area contributed by atoms with E-state index in [0.29, 0.717) is 21.9 Å². The smallest absolute Gasteiger partial charge is 0.416 e. The van der Waals surface area contributed by atoms with E-state index in [-0.39, 0.29) is 17.6 Å². The number of fused-ring (bicyclic) bond motifs is 1. The van der Waals surface area contributed by atoms with Crippen molar-refractivity contribution in [2.45, 2.75) is 32.0 Å². The minimum absolute atomic E-state index is 0.0443. The molecule has 1 fully saturated rings. The Morgan fingerprint density at radius 2 is 1.83 bits per heavy atom. The third kappa shape index (κ3) is 5.02. The van der Waals surface area contributed by atoms with Gasteiger partial charge in [0.15, 0.2) is 0 Å². The third-order valence-corrected chi connectivity index (χ3v) is 6.53. The third-order valence-electron chi connectivity index (χ3n) is 6.21. The number of rotatable bonds is 4. The number of ether oxygens (including phenoxy) is 1. The molecule has 2 aromatic heterocycles. The molecule has 0 radical (unpaired) electrons. The Labute approximate surface area is 210 Å². The van der Waals surface area contributed by atoms with Crippen LogP contribution in [0.5, 0.6) is 0 Å². The Balaban J connectivity index is 1.32. The predicted molar refractivity (Wildman–Crippen MR) is 132 cm³/mol. The first-order valence-corrected chi connectivity index (χ1v) is 11.8. The number of anilines is 1. The van der Waals surface area contributed by atoms with Gasteiger partial charge in [-0.05, 0) is 48.0 Å². The molecule has 0 unspecified atom stereocenters. The van der Waals surface area contributed by atoms with Crippen LogP contribution in [-0.2, 0) is 15.7 Å². The standard InChI is InChI=1S/C26H22ClF3N4O2/c1-15(35)36-19-8-10-34(11-9-19)24-7-3-17(14-31-24)16-2-5-20(21(27)12-16)25-32-22-6-4-18(26(28,29)30)13-23(22)33-25/h2-7,12-14,19H,8-11H2,1H3,(H,32,33). The number of nitrogens with zero attached hydrogens (tertiary/aromatic N) is 3. The molecule has 0 spiro atoms. The monoisotopic (exact) mass is 514 g/mol. The van der Waals surface area contributed by atoms with Gasteiger partial charge in [0.05, 0.1) is 21.6 Å². The van der Waals surface area contributed by atoms with E-state index in [4.69, 9.17) is 16.3 Å². The number of aromatic amines is 1. The molecule has 1 aliphatic rings. The second kappa shape index (κ2) is 9.46. The Bertz CT molecular complexity index is 1410. The highest BCUT2D eigenvalue weighted by Gasteiger charge is 2.30. The van der Waals surface area contributed by atoms with Crippen molar-refractivity contribution in [1.29, 1.82) is 0 Å². The van der Waals surface area contributed by atoms with Crippen LogP contribution in [0.3, 0.4) is 0 Å². The van der Waals surface area contributed by atoms with Gasteiger partial charge in [0.25, 0.3) is 0 Å². The van der Waals surface area contributed by atoms with E-state index in [1.54, 1.807) is 18.3 Å². The van der Waals surface area contributed by atoms with E-state index < -0.39 is 11.7 Å². The van der Waals surface area contributed by atoms with Gasteiger partial charge in [0, 0.05) is 50.2 Å². The predicted octanol–water partition coefficient (Wildman–Crippen LogP) is 6.50. The summed E-state index contributed by atoms with van der Waals surface area (Å²) in [6, 6.07) is 12.7. The van der Waals surface area contributed by atoms with Crippen LogP contribution in [-0.4, -0.2) is 40.1 Å². The molecule has 4 aromatic rings. The number of halogens is 4. The first-order chi connectivity index (χ1) is 17.2. The molecule has 0 saturated carbocycles. The van der Waals surface area contributed by atoms with E-state index in [1.807, 2.05) is 18.2 Å². The minimum atomic E-state index is -4.43. The number of imidazole rings is 1. The Morgan fingerprint density at radius 3 is 2.47 bits per heavy atom. The van der Waals surface area contributed by atoms with Gasteiger partial charge in [0.2, 0.25) is 0 Å². The van der Waals surface area contributed by atoms with Gasteiger partial charge in [-0.25, -0.2) is 9.97 Å². The number of H-pyrrole nitrogens is 1. The van der Waals surface area contributed by atoms with Crippen LogP contribution >= 0.6 is 11.6 Å². The lowest BCUT2D eigenvalue weighted by Crippen LogP contribution is -2.38. The molecule has 1 aliphatic heterocycles. The maximum atomic E-state index is 13.0. The minimum Gasteiger partial charge on any atom is -0.462 e. The summed E-state index contributed by atoms with van der Waals surface area (Å²) in [5, 5.41) is 0.416. The molecular formula is C26H22ClF3N4O2. The lowest BCUT2D eigenvalue weighted by atomic mass is 10.0. The Kier molecular flexibility index (Phi) is 6.34. The molecule has 0 bridgehead atoms. The maximum absolute atomic E-state index is 13.0. The van der Waals surface area contributed by atoms with Crippen molar-refractivity contribution in [1.82, 2.24) is 15.0 Å². The number of aromatic nitrogens is 3. The highest BCUT2D eigenvalue weighted by molar-refractivity contribution is 6.33. The van der Waals surface area contributed by atoms with E-state index in [9.17, 15) is 18.0 Å². The van der Waals surface area contributed by atoms with Crippen molar-refractivity contribution in [2.24, 2.45) is 0 Å². The SMILES string of the molecule is CC(=O)OC1CCN(c2ccc(-c3ccc(-c4nc5ccc(C(F)(F)F)cc5[nH]4)c(Cl)c3)cn2)CC1. The Hall–Kier alpha value is -3.59. The van der Waals surface area contributed by atoms with Gasteiger partial charge in [-0.1, -0.05) is 17.7 Å². The fraction of sp³-hybridized carbons (Fsp3) is 0.269.